The summed E-state index contributed by atoms with van der Waals surface area (Å²) in [6, 6.07) is 8.54. The average molecular weight is 306 g/mol. The van der Waals surface area contributed by atoms with E-state index in [1.807, 2.05) is 6.92 Å². The largest absolute Gasteiger partial charge is 0.383 e. The molecule has 0 spiro atoms. The van der Waals surface area contributed by atoms with Crippen molar-refractivity contribution in [3.05, 3.63) is 42.2 Å². The summed E-state index contributed by atoms with van der Waals surface area (Å²) in [6.07, 6.45) is 2.34. The highest BCUT2D eigenvalue weighted by Gasteiger charge is 2.20. The molecule has 0 radical (unpaired) electrons. The molecule has 2 aromatic heterocycles. The van der Waals surface area contributed by atoms with Gasteiger partial charge in [-0.15, -0.1) is 0 Å². The van der Waals surface area contributed by atoms with E-state index in [0.717, 1.165) is 12.1 Å². The zero-order chi connectivity index (χ0) is 15.3. The number of sulfonamides is 1. The third-order valence-corrected chi connectivity index (χ3v) is 4.03. The lowest BCUT2D eigenvalue weighted by Gasteiger charge is -2.12. The highest BCUT2D eigenvalue weighted by Crippen LogP contribution is 2.20. The number of anilines is 2. The molecule has 2 aromatic rings. The number of hydrogen-bond donors (Lipinski definition) is 2. The van der Waals surface area contributed by atoms with Gasteiger partial charge in [-0.05, 0) is 37.6 Å². The number of aromatic nitrogens is 2. The standard InChI is InChI=1S/C14H18N4O2S/c1-3-9-15-12-7-5-10-16-14(12)21(19,20)18-13-8-4-6-11(2)17-13/h4-8,10,15H,3,9H2,1-2H3,(H,17,18). The van der Waals surface area contributed by atoms with Crippen molar-refractivity contribution in [1.82, 2.24) is 9.97 Å². The Morgan fingerprint density at radius 2 is 2.00 bits per heavy atom. The zero-order valence-electron chi connectivity index (χ0n) is 12.0. The first-order valence-electron chi connectivity index (χ1n) is 6.68. The van der Waals surface area contributed by atoms with Gasteiger partial charge in [0.1, 0.15) is 5.82 Å². The number of aryl methyl sites for hydroxylation is 1. The number of hydrogen-bond acceptors (Lipinski definition) is 5. The van der Waals surface area contributed by atoms with Gasteiger partial charge in [-0.2, -0.15) is 8.42 Å². The average Bonchev–Trinajstić information content (AvgIpc) is 2.45. The molecule has 0 saturated carbocycles. The Morgan fingerprint density at radius 1 is 1.19 bits per heavy atom. The SMILES string of the molecule is CCCNc1cccnc1S(=O)(=O)Nc1cccc(C)n1. The van der Waals surface area contributed by atoms with Gasteiger partial charge in [0, 0.05) is 18.4 Å². The van der Waals surface area contributed by atoms with Crippen molar-refractivity contribution in [2.75, 3.05) is 16.6 Å². The Hall–Kier alpha value is -2.15. The van der Waals surface area contributed by atoms with E-state index in [2.05, 4.69) is 20.0 Å². The van der Waals surface area contributed by atoms with Gasteiger partial charge in [-0.25, -0.2) is 9.97 Å². The third-order valence-electron chi connectivity index (χ3n) is 2.72. The van der Waals surface area contributed by atoms with Crippen LogP contribution in [0.3, 0.4) is 0 Å². The predicted octanol–water partition coefficient (Wildman–Crippen LogP) is 2.41. The van der Waals surface area contributed by atoms with E-state index < -0.39 is 10.0 Å². The third kappa shape index (κ3) is 3.91. The molecule has 6 nitrogen and oxygen atoms in total. The quantitative estimate of drug-likeness (QED) is 0.856. The van der Waals surface area contributed by atoms with Crippen molar-refractivity contribution < 1.29 is 8.42 Å². The molecule has 0 unspecified atom stereocenters. The van der Waals surface area contributed by atoms with Gasteiger partial charge in [0.2, 0.25) is 0 Å². The van der Waals surface area contributed by atoms with Crippen LogP contribution in [0, 0.1) is 6.92 Å². The van der Waals surface area contributed by atoms with Crippen LogP contribution in [0.5, 0.6) is 0 Å². The van der Waals surface area contributed by atoms with E-state index in [-0.39, 0.29) is 10.8 Å². The highest BCUT2D eigenvalue weighted by molar-refractivity contribution is 7.92. The van der Waals surface area contributed by atoms with Crippen LogP contribution in [0.1, 0.15) is 19.0 Å². The number of nitrogens with zero attached hydrogens (tertiary/aromatic N) is 2. The Balaban J connectivity index is 2.31. The van der Waals surface area contributed by atoms with Crippen LogP contribution in [-0.4, -0.2) is 24.9 Å². The van der Waals surface area contributed by atoms with Crippen molar-refractivity contribution in [3.8, 4) is 0 Å². The second kappa shape index (κ2) is 6.53. The fraction of sp³-hybridized carbons (Fsp3) is 0.286. The molecule has 0 aliphatic rings. The van der Waals surface area contributed by atoms with Crippen LogP contribution < -0.4 is 10.0 Å². The first-order valence-corrected chi connectivity index (χ1v) is 8.16. The first kappa shape index (κ1) is 15.2. The molecule has 2 rings (SSSR count). The van der Waals surface area contributed by atoms with Crippen molar-refractivity contribution >= 4 is 21.5 Å². The minimum atomic E-state index is -3.78. The van der Waals surface area contributed by atoms with E-state index in [4.69, 9.17) is 0 Å². The van der Waals surface area contributed by atoms with E-state index in [9.17, 15) is 8.42 Å². The Labute approximate surface area is 124 Å². The van der Waals surface area contributed by atoms with Crippen LogP contribution >= 0.6 is 0 Å². The number of pyridine rings is 2. The van der Waals surface area contributed by atoms with E-state index >= 15 is 0 Å². The van der Waals surface area contributed by atoms with Gasteiger partial charge in [0.15, 0.2) is 5.03 Å². The molecule has 7 heteroatoms. The summed E-state index contributed by atoms with van der Waals surface area (Å²) in [5.41, 5.74) is 1.22. The predicted molar refractivity (Wildman–Crippen MR) is 82.8 cm³/mol. The lowest BCUT2D eigenvalue weighted by molar-refractivity contribution is 0.597. The van der Waals surface area contributed by atoms with Crippen molar-refractivity contribution in [2.24, 2.45) is 0 Å². The van der Waals surface area contributed by atoms with Gasteiger partial charge >= 0.3 is 0 Å². The smallest absolute Gasteiger partial charge is 0.282 e. The second-order valence-electron chi connectivity index (χ2n) is 4.55. The summed E-state index contributed by atoms with van der Waals surface area (Å²) >= 11 is 0. The minimum Gasteiger partial charge on any atom is -0.383 e. The molecular weight excluding hydrogens is 288 g/mol. The zero-order valence-corrected chi connectivity index (χ0v) is 12.8. The normalized spacial score (nSPS) is 11.1. The van der Waals surface area contributed by atoms with Crippen LogP contribution in [0.15, 0.2) is 41.6 Å². The van der Waals surface area contributed by atoms with Gasteiger partial charge in [0.25, 0.3) is 10.0 Å². The van der Waals surface area contributed by atoms with Crippen LogP contribution in [0.25, 0.3) is 0 Å². The number of nitrogens with one attached hydrogen (secondary N) is 2. The van der Waals surface area contributed by atoms with Crippen LogP contribution in [0.4, 0.5) is 11.5 Å². The molecule has 0 aliphatic carbocycles. The monoisotopic (exact) mass is 306 g/mol. The molecule has 0 fully saturated rings. The first-order chi connectivity index (χ1) is 10.0. The fourth-order valence-electron chi connectivity index (χ4n) is 1.79. The number of rotatable bonds is 6. The Bertz CT molecular complexity index is 716. The summed E-state index contributed by atoms with van der Waals surface area (Å²) < 4.78 is 27.3. The van der Waals surface area contributed by atoms with E-state index in [1.54, 1.807) is 37.3 Å². The van der Waals surface area contributed by atoms with Gasteiger partial charge in [0.05, 0.1) is 5.69 Å². The van der Waals surface area contributed by atoms with Crippen LogP contribution in [-0.2, 0) is 10.0 Å². The summed E-state index contributed by atoms with van der Waals surface area (Å²) in [7, 11) is -3.78. The lowest BCUT2D eigenvalue weighted by atomic mass is 10.4. The lowest BCUT2D eigenvalue weighted by Crippen LogP contribution is -2.18. The molecule has 0 atom stereocenters. The van der Waals surface area contributed by atoms with Crippen LogP contribution in [0.2, 0.25) is 0 Å². The molecule has 21 heavy (non-hydrogen) atoms. The summed E-state index contributed by atoms with van der Waals surface area (Å²) in [6.45, 7) is 4.48. The van der Waals surface area contributed by atoms with Gasteiger partial charge < -0.3 is 5.32 Å². The molecular formula is C14H18N4O2S. The summed E-state index contributed by atoms with van der Waals surface area (Å²) in [5, 5.41) is 3.04. The second-order valence-corrected chi connectivity index (χ2v) is 6.15. The highest BCUT2D eigenvalue weighted by atomic mass is 32.2. The van der Waals surface area contributed by atoms with E-state index in [1.165, 1.54) is 6.20 Å². The molecule has 112 valence electrons. The maximum Gasteiger partial charge on any atom is 0.282 e. The van der Waals surface area contributed by atoms with E-state index in [0.29, 0.717) is 12.2 Å². The molecule has 2 N–H and O–H groups in total. The maximum absolute atomic E-state index is 12.4. The molecule has 0 amide bonds. The Kier molecular flexibility index (Phi) is 4.74. The topological polar surface area (TPSA) is 84.0 Å². The maximum atomic E-state index is 12.4. The molecule has 2 heterocycles. The molecule has 0 aliphatic heterocycles. The summed E-state index contributed by atoms with van der Waals surface area (Å²) in [4.78, 5) is 8.12. The van der Waals surface area contributed by atoms with Gasteiger partial charge in [-0.3, -0.25) is 4.72 Å². The van der Waals surface area contributed by atoms with Crippen molar-refractivity contribution in [2.45, 2.75) is 25.3 Å². The Morgan fingerprint density at radius 3 is 2.71 bits per heavy atom. The fourth-order valence-corrected chi connectivity index (χ4v) is 2.90. The molecule has 0 saturated heterocycles. The van der Waals surface area contributed by atoms with Crippen molar-refractivity contribution in [1.29, 1.82) is 0 Å². The molecule has 0 aromatic carbocycles. The van der Waals surface area contributed by atoms with Gasteiger partial charge in [-0.1, -0.05) is 13.0 Å². The minimum absolute atomic E-state index is 0.0262. The summed E-state index contributed by atoms with van der Waals surface area (Å²) in [5.74, 6) is 0.280. The molecule has 0 bridgehead atoms. The van der Waals surface area contributed by atoms with Crippen molar-refractivity contribution in [3.63, 3.8) is 0 Å².